The molecule has 0 saturated carbocycles. The quantitative estimate of drug-likeness (QED) is 0.783. The smallest absolute Gasteiger partial charge is 0.219 e. The molecule has 4 nitrogen and oxygen atoms in total. The molecule has 4 heteroatoms. The Kier molecular flexibility index (Phi) is 5.83. The number of amides is 1. The summed E-state index contributed by atoms with van der Waals surface area (Å²) < 4.78 is 0. The first-order valence-corrected chi connectivity index (χ1v) is 6.79. The van der Waals surface area contributed by atoms with Gasteiger partial charge in [-0.1, -0.05) is 19.1 Å². The molecule has 0 aliphatic heterocycles. The van der Waals surface area contributed by atoms with E-state index in [1.165, 1.54) is 16.2 Å². The molecular weight excluding hydrogens is 238 g/mol. The fourth-order valence-electron chi connectivity index (χ4n) is 2.00. The Morgan fingerprint density at radius 1 is 1.26 bits per heavy atom. The van der Waals surface area contributed by atoms with Crippen LogP contribution in [0.1, 0.15) is 24.9 Å². The lowest BCUT2D eigenvalue weighted by Crippen LogP contribution is -3.07. The van der Waals surface area contributed by atoms with Crippen molar-refractivity contribution in [3.8, 4) is 0 Å². The van der Waals surface area contributed by atoms with E-state index in [0.29, 0.717) is 13.0 Å². The van der Waals surface area contributed by atoms with E-state index in [0.717, 1.165) is 0 Å². The second kappa shape index (κ2) is 7.14. The second-order valence-corrected chi connectivity index (χ2v) is 5.27. The number of hydrogen-bond acceptors (Lipinski definition) is 2. The Morgan fingerprint density at radius 3 is 2.26 bits per heavy atom. The number of nitrogens with zero attached hydrogens (tertiary/aromatic N) is 1. The number of rotatable bonds is 6. The summed E-state index contributed by atoms with van der Waals surface area (Å²) in [5.41, 5.74) is 2.44. The third kappa shape index (κ3) is 4.56. The highest BCUT2D eigenvalue weighted by Crippen LogP contribution is 2.15. The highest BCUT2D eigenvalue weighted by atomic mass is 16.1. The molecule has 0 spiro atoms. The number of benzene rings is 1. The molecule has 0 fully saturated rings. The molecule has 0 unspecified atom stereocenters. The van der Waals surface area contributed by atoms with Crippen molar-refractivity contribution < 1.29 is 9.69 Å². The molecule has 2 N–H and O–H groups in total. The molecule has 0 radical (unpaired) electrons. The first-order chi connectivity index (χ1) is 8.95. The van der Waals surface area contributed by atoms with Crippen LogP contribution in [-0.2, 0) is 4.79 Å². The van der Waals surface area contributed by atoms with Gasteiger partial charge in [0.1, 0.15) is 6.04 Å². The molecule has 0 aromatic heterocycles. The van der Waals surface area contributed by atoms with Crippen LogP contribution in [0, 0.1) is 0 Å². The average Bonchev–Trinajstić information content (AvgIpc) is 2.38. The van der Waals surface area contributed by atoms with Gasteiger partial charge in [-0.2, -0.15) is 0 Å². The molecule has 0 aliphatic carbocycles. The predicted molar refractivity (Wildman–Crippen MR) is 79.6 cm³/mol. The Balaban J connectivity index is 2.78. The number of likely N-dealkylation sites (N-methyl/N-ethyl adjacent to an activating group) is 1. The SMILES string of the molecule is CCC(=O)NC[C@@H](c1ccc(N(C)C)cc1)[NH+](C)C. The lowest BCUT2D eigenvalue weighted by atomic mass is 10.1. The van der Waals surface area contributed by atoms with Crippen molar-refractivity contribution in [2.75, 3.05) is 39.6 Å². The normalized spacial score (nSPS) is 12.3. The highest BCUT2D eigenvalue weighted by molar-refractivity contribution is 5.75. The lowest BCUT2D eigenvalue weighted by Gasteiger charge is -2.23. The summed E-state index contributed by atoms with van der Waals surface area (Å²) in [5.74, 6) is 0.108. The summed E-state index contributed by atoms with van der Waals surface area (Å²) in [6.07, 6.45) is 0.537. The number of hydrogen-bond donors (Lipinski definition) is 2. The molecule has 0 heterocycles. The maximum absolute atomic E-state index is 11.4. The predicted octanol–water partition coefficient (Wildman–Crippen LogP) is 0.464. The molecule has 0 aliphatic rings. The van der Waals surface area contributed by atoms with Gasteiger partial charge in [-0.05, 0) is 12.1 Å². The molecule has 0 bridgehead atoms. The summed E-state index contributed by atoms with van der Waals surface area (Å²) in [6, 6.07) is 8.81. The van der Waals surface area contributed by atoms with Crippen LogP contribution >= 0.6 is 0 Å². The van der Waals surface area contributed by atoms with Gasteiger partial charge in [0.15, 0.2) is 0 Å². The molecule has 1 amide bonds. The number of carbonyl (C=O) groups excluding carboxylic acids is 1. The van der Waals surface area contributed by atoms with Crippen LogP contribution in [0.2, 0.25) is 0 Å². The van der Waals surface area contributed by atoms with Crippen molar-refractivity contribution in [2.45, 2.75) is 19.4 Å². The topological polar surface area (TPSA) is 36.8 Å². The third-order valence-electron chi connectivity index (χ3n) is 3.33. The van der Waals surface area contributed by atoms with E-state index in [-0.39, 0.29) is 11.9 Å². The summed E-state index contributed by atoms with van der Waals surface area (Å²) >= 11 is 0. The highest BCUT2D eigenvalue weighted by Gasteiger charge is 2.18. The fourth-order valence-corrected chi connectivity index (χ4v) is 2.00. The first-order valence-electron chi connectivity index (χ1n) is 6.79. The van der Waals surface area contributed by atoms with Crippen molar-refractivity contribution in [1.82, 2.24) is 5.32 Å². The van der Waals surface area contributed by atoms with E-state index in [4.69, 9.17) is 0 Å². The van der Waals surface area contributed by atoms with Gasteiger partial charge < -0.3 is 15.1 Å². The van der Waals surface area contributed by atoms with E-state index in [2.05, 4.69) is 48.6 Å². The summed E-state index contributed by atoms with van der Waals surface area (Å²) in [4.78, 5) is 14.8. The zero-order chi connectivity index (χ0) is 14.4. The van der Waals surface area contributed by atoms with Gasteiger partial charge in [0.2, 0.25) is 5.91 Å². The number of anilines is 1. The van der Waals surface area contributed by atoms with Gasteiger partial charge in [-0.25, -0.2) is 0 Å². The molecule has 1 aromatic carbocycles. The zero-order valence-electron chi connectivity index (χ0n) is 12.7. The summed E-state index contributed by atoms with van der Waals surface area (Å²) in [6.45, 7) is 2.55. The minimum Gasteiger partial charge on any atom is -0.378 e. The molecule has 0 saturated heterocycles. The van der Waals surface area contributed by atoms with E-state index in [9.17, 15) is 4.79 Å². The Labute approximate surface area is 116 Å². The van der Waals surface area contributed by atoms with Crippen LogP contribution in [-0.4, -0.2) is 40.6 Å². The van der Waals surface area contributed by atoms with E-state index >= 15 is 0 Å². The Bertz CT molecular complexity index is 398. The van der Waals surface area contributed by atoms with Crippen molar-refractivity contribution in [3.05, 3.63) is 29.8 Å². The van der Waals surface area contributed by atoms with E-state index < -0.39 is 0 Å². The summed E-state index contributed by atoms with van der Waals surface area (Å²) in [5, 5.41) is 2.98. The molecule has 19 heavy (non-hydrogen) atoms. The minimum absolute atomic E-state index is 0.108. The van der Waals surface area contributed by atoms with E-state index in [1.54, 1.807) is 0 Å². The zero-order valence-corrected chi connectivity index (χ0v) is 12.7. The molecule has 1 atom stereocenters. The number of carbonyl (C=O) groups is 1. The second-order valence-electron chi connectivity index (χ2n) is 5.27. The first kappa shape index (κ1) is 15.5. The van der Waals surface area contributed by atoms with Crippen molar-refractivity contribution in [3.63, 3.8) is 0 Å². The maximum Gasteiger partial charge on any atom is 0.219 e. The molecule has 106 valence electrons. The van der Waals surface area contributed by atoms with Gasteiger partial charge in [-0.3, -0.25) is 4.79 Å². The van der Waals surface area contributed by atoms with Crippen molar-refractivity contribution >= 4 is 11.6 Å². The molecular formula is C15H26N3O+. The largest absolute Gasteiger partial charge is 0.378 e. The number of quaternary nitrogens is 1. The van der Waals surface area contributed by atoms with E-state index in [1.807, 2.05) is 21.0 Å². The van der Waals surface area contributed by atoms with Gasteiger partial charge >= 0.3 is 0 Å². The van der Waals surface area contributed by atoms with Gasteiger partial charge in [-0.15, -0.1) is 0 Å². The van der Waals surface area contributed by atoms with Crippen molar-refractivity contribution in [1.29, 1.82) is 0 Å². The third-order valence-corrected chi connectivity index (χ3v) is 3.33. The van der Waals surface area contributed by atoms with Crippen LogP contribution in [0.3, 0.4) is 0 Å². The monoisotopic (exact) mass is 264 g/mol. The fraction of sp³-hybridized carbons (Fsp3) is 0.533. The van der Waals surface area contributed by atoms with Crippen LogP contribution in [0.4, 0.5) is 5.69 Å². The summed E-state index contributed by atoms with van der Waals surface area (Å²) in [7, 11) is 8.29. The average molecular weight is 264 g/mol. The van der Waals surface area contributed by atoms with Crippen LogP contribution in [0.25, 0.3) is 0 Å². The molecule has 1 rings (SSSR count). The van der Waals surface area contributed by atoms with Gasteiger partial charge in [0, 0.05) is 31.8 Å². The Hall–Kier alpha value is -1.55. The Morgan fingerprint density at radius 2 is 1.84 bits per heavy atom. The van der Waals surface area contributed by atoms with Crippen LogP contribution in [0.15, 0.2) is 24.3 Å². The van der Waals surface area contributed by atoms with Crippen molar-refractivity contribution in [2.24, 2.45) is 0 Å². The van der Waals surface area contributed by atoms with Crippen LogP contribution < -0.4 is 15.1 Å². The molecule has 1 aromatic rings. The maximum atomic E-state index is 11.4. The van der Waals surface area contributed by atoms with Crippen LogP contribution in [0.5, 0.6) is 0 Å². The van der Waals surface area contributed by atoms with Gasteiger partial charge in [0.05, 0.1) is 20.6 Å². The standard InChI is InChI=1S/C15H25N3O/c1-6-15(19)16-11-14(18(4)5)12-7-9-13(10-8-12)17(2)3/h7-10,14H,6,11H2,1-5H3,(H,16,19)/p+1/t14-/m0/s1. The van der Waals surface area contributed by atoms with Gasteiger partial charge in [0.25, 0.3) is 0 Å². The lowest BCUT2D eigenvalue weighted by molar-refractivity contribution is -0.890. The minimum atomic E-state index is 0.108. The number of nitrogens with one attached hydrogen (secondary N) is 2.